The zero-order valence-corrected chi connectivity index (χ0v) is 13.3. The van der Waals surface area contributed by atoms with Crippen LogP contribution in [0.15, 0.2) is 45.3 Å². The first-order valence-corrected chi connectivity index (χ1v) is 7.67. The molecule has 0 aliphatic carbocycles. The van der Waals surface area contributed by atoms with E-state index in [1.165, 1.54) is 0 Å². The van der Waals surface area contributed by atoms with Crippen molar-refractivity contribution >= 4 is 45.1 Å². The lowest BCUT2D eigenvalue weighted by Crippen LogP contribution is -2.25. The monoisotopic (exact) mass is 351 g/mol. The number of carbonyl (C=O) groups is 1. The van der Waals surface area contributed by atoms with E-state index in [9.17, 15) is 4.79 Å². The van der Waals surface area contributed by atoms with Crippen LogP contribution in [-0.4, -0.2) is 18.7 Å². The summed E-state index contributed by atoms with van der Waals surface area (Å²) in [4.78, 5) is 12.6. The molecule has 0 radical (unpaired) electrons. The maximum atomic E-state index is 11.6. The lowest BCUT2D eigenvalue weighted by Gasteiger charge is -2.05. The summed E-state index contributed by atoms with van der Waals surface area (Å²) in [5.74, 6) is -0.182. The summed E-state index contributed by atoms with van der Waals surface area (Å²) in [7, 11) is 0. The van der Waals surface area contributed by atoms with Gasteiger partial charge in [-0.2, -0.15) is 5.10 Å². The molecule has 1 amide bonds. The standard InChI is InChI=1S/C14H14BrN3OS/c1-10-3-2-4-12(5-10)16-8-14(19)18-17-7-13-6-11(15)9-20-13/h2-7,9,16H,8H2,1H3,(H,18,19)/b17-7+. The summed E-state index contributed by atoms with van der Waals surface area (Å²) < 4.78 is 1.01. The van der Waals surface area contributed by atoms with Crippen LogP contribution in [-0.2, 0) is 4.79 Å². The highest BCUT2D eigenvalue weighted by Gasteiger charge is 1.99. The second-order valence-electron chi connectivity index (χ2n) is 4.18. The zero-order chi connectivity index (χ0) is 14.4. The van der Waals surface area contributed by atoms with Gasteiger partial charge in [-0.1, -0.05) is 12.1 Å². The molecule has 1 heterocycles. The third-order valence-electron chi connectivity index (χ3n) is 2.44. The first-order chi connectivity index (χ1) is 9.63. The number of thiophene rings is 1. The molecule has 0 spiro atoms. The second-order valence-corrected chi connectivity index (χ2v) is 6.04. The van der Waals surface area contributed by atoms with Gasteiger partial charge in [-0.15, -0.1) is 11.3 Å². The van der Waals surface area contributed by atoms with Crippen molar-refractivity contribution in [2.75, 3.05) is 11.9 Å². The number of benzene rings is 1. The topological polar surface area (TPSA) is 53.5 Å². The average Bonchev–Trinajstić information content (AvgIpc) is 2.82. The zero-order valence-electron chi connectivity index (χ0n) is 10.9. The third kappa shape index (κ3) is 4.79. The van der Waals surface area contributed by atoms with E-state index in [0.717, 1.165) is 20.6 Å². The lowest BCUT2D eigenvalue weighted by molar-refractivity contribution is -0.119. The smallest absolute Gasteiger partial charge is 0.259 e. The largest absolute Gasteiger partial charge is 0.376 e. The lowest BCUT2D eigenvalue weighted by atomic mass is 10.2. The van der Waals surface area contributed by atoms with Crippen LogP contribution in [0.25, 0.3) is 0 Å². The van der Waals surface area contributed by atoms with E-state index in [0.29, 0.717) is 0 Å². The maximum absolute atomic E-state index is 11.6. The summed E-state index contributed by atoms with van der Waals surface area (Å²) in [5, 5.41) is 8.92. The molecule has 2 N–H and O–H groups in total. The van der Waals surface area contributed by atoms with Crippen LogP contribution in [0.2, 0.25) is 0 Å². The molecule has 1 aromatic heterocycles. The molecule has 0 aliphatic rings. The molecule has 4 nitrogen and oxygen atoms in total. The van der Waals surface area contributed by atoms with Crippen molar-refractivity contribution in [2.45, 2.75) is 6.92 Å². The van der Waals surface area contributed by atoms with Crippen LogP contribution in [0.3, 0.4) is 0 Å². The van der Waals surface area contributed by atoms with Crippen LogP contribution in [0.4, 0.5) is 5.69 Å². The normalized spacial score (nSPS) is 10.7. The molecule has 1 aromatic carbocycles. The molecule has 20 heavy (non-hydrogen) atoms. The minimum Gasteiger partial charge on any atom is -0.376 e. The van der Waals surface area contributed by atoms with Gasteiger partial charge in [-0.05, 0) is 46.6 Å². The number of anilines is 1. The highest BCUT2D eigenvalue weighted by molar-refractivity contribution is 9.10. The summed E-state index contributed by atoms with van der Waals surface area (Å²) in [6.45, 7) is 2.20. The minimum atomic E-state index is -0.182. The van der Waals surface area contributed by atoms with Crippen LogP contribution in [0.5, 0.6) is 0 Å². The Labute approximate surface area is 130 Å². The van der Waals surface area contributed by atoms with E-state index in [1.807, 2.05) is 42.6 Å². The summed E-state index contributed by atoms with van der Waals surface area (Å²) >= 11 is 4.91. The summed E-state index contributed by atoms with van der Waals surface area (Å²) in [6, 6.07) is 9.80. The van der Waals surface area contributed by atoms with Crippen molar-refractivity contribution in [1.29, 1.82) is 0 Å². The molecular weight excluding hydrogens is 338 g/mol. The Bertz CT molecular complexity index is 624. The van der Waals surface area contributed by atoms with Gasteiger partial charge < -0.3 is 5.32 Å². The molecule has 2 rings (SSSR count). The third-order valence-corrected chi connectivity index (χ3v) is 4.07. The Hall–Kier alpha value is -1.66. The Morgan fingerprint density at radius 1 is 1.45 bits per heavy atom. The van der Waals surface area contributed by atoms with Gasteiger partial charge in [0, 0.05) is 20.4 Å². The molecule has 0 saturated heterocycles. The first-order valence-electron chi connectivity index (χ1n) is 6.00. The molecule has 0 aliphatic heterocycles. The van der Waals surface area contributed by atoms with Crippen LogP contribution in [0.1, 0.15) is 10.4 Å². The van der Waals surface area contributed by atoms with Gasteiger partial charge in [-0.3, -0.25) is 4.79 Å². The van der Waals surface area contributed by atoms with Crippen molar-refractivity contribution in [3.8, 4) is 0 Å². The number of nitrogens with zero attached hydrogens (tertiary/aromatic N) is 1. The molecule has 104 valence electrons. The number of rotatable bonds is 5. The highest BCUT2D eigenvalue weighted by Crippen LogP contribution is 2.17. The number of hydrogen-bond donors (Lipinski definition) is 2. The average molecular weight is 352 g/mol. The van der Waals surface area contributed by atoms with Gasteiger partial charge >= 0.3 is 0 Å². The van der Waals surface area contributed by atoms with E-state index in [-0.39, 0.29) is 12.5 Å². The Balaban J connectivity index is 1.77. The number of hydrogen-bond acceptors (Lipinski definition) is 4. The minimum absolute atomic E-state index is 0.182. The Morgan fingerprint density at radius 2 is 2.30 bits per heavy atom. The molecule has 0 saturated carbocycles. The summed E-state index contributed by atoms with van der Waals surface area (Å²) in [6.07, 6.45) is 1.62. The molecular formula is C14H14BrN3OS. The number of hydrazone groups is 1. The fourth-order valence-corrected chi connectivity index (χ4v) is 2.84. The van der Waals surface area contributed by atoms with E-state index in [4.69, 9.17) is 0 Å². The van der Waals surface area contributed by atoms with E-state index in [2.05, 4.69) is 31.8 Å². The van der Waals surface area contributed by atoms with Crippen molar-refractivity contribution in [2.24, 2.45) is 5.10 Å². The highest BCUT2D eigenvalue weighted by atomic mass is 79.9. The van der Waals surface area contributed by atoms with Crippen molar-refractivity contribution < 1.29 is 4.79 Å². The van der Waals surface area contributed by atoms with E-state index < -0.39 is 0 Å². The SMILES string of the molecule is Cc1cccc(NCC(=O)N/N=C/c2cc(Br)cs2)c1. The number of halogens is 1. The molecule has 0 bridgehead atoms. The first kappa shape index (κ1) is 14.7. The predicted octanol–water partition coefficient (Wildman–Crippen LogP) is 3.38. The number of carbonyl (C=O) groups excluding carboxylic acids is 1. The molecule has 6 heteroatoms. The van der Waals surface area contributed by atoms with Gasteiger partial charge in [0.2, 0.25) is 0 Å². The van der Waals surface area contributed by atoms with Gasteiger partial charge in [0.05, 0.1) is 12.8 Å². The fourth-order valence-electron chi connectivity index (χ4n) is 1.54. The van der Waals surface area contributed by atoms with Gasteiger partial charge in [-0.25, -0.2) is 5.43 Å². The Kier molecular flexibility index (Phi) is 5.31. The van der Waals surface area contributed by atoms with Crippen LogP contribution in [0, 0.1) is 6.92 Å². The van der Waals surface area contributed by atoms with Gasteiger partial charge in [0.1, 0.15) is 0 Å². The molecule has 2 aromatic rings. The predicted molar refractivity (Wildman–Crippen MR) is 87.4 cm³/mol. The molecule has 0 atom stereocenters. The maximum Gasteiger partial charge on any atom is 0.259 e. The van der Waals surface area contributed by atoms with Gasteiger partial charge in [0.25, 0.3) is 5.91 Å². The molecule has 0 fully saturated rings. The van der Waals surface area contributed by atoms with Crippen molar-refractivity contribution in [3.63, 3.8) is 0 Å². The quantitative estimate of drug-likeness (QED) is 0.640. The van der Waals surface area contributed by atoms with Crippen molar-refractivity contribution in [1.82, 2.24) is 5.43 Å². The van der Waals surface area contributed by atoms with Crippen LogP contribution < -0.4 is 10.7 Å². The Morgan fingerprint density at radius 3 is 3.00 bits per heavy atom. The van der Waals surface area contributed by atoms with Crippen LogP contribution >= 0.6 is 27.3 Å². The summed E-state index contributed by atoms with van der Waals surface area (Å²) in [5.41, 5.74) is 4.56. The molecule has 0 unspecified atom stereocenters. The number of nitrogens with one attached hydrogen (secondary N) is 2. The van der Waals surface area contributed by atoms with Gasteiger partial charge in [0.15, 0.2) is 0 Å². The number of amides is 1. The van der Waals surface area contributed by atoms with E-state index in [1.54, 1.807) is 17.6 Å². The van der Waals surface area contributed by atoms with Crippen molar-refractivity contribution in [3.05, 3.63) is 50.6 Å². The van der Waals surface area contributed by atoms with E-state index >= 15 is 0 Å². The fraction of sp³-hybridized carbons (Fsp3) is 0.143. The number of aryl methyl sites for hydroxylation is 1. The second kappa shape index (κ2) is 7.21.